The third-order valence-electron chi connectivity index (χ3n) is 4.95. The van der Waals surface area contributed by atoms with Crippen LogP contribution in [0, 0.1) is 0 Å². The number of H-pyrrole nitrogens is 1. The average molecular weight is 357 g/mol. The van der Waals surface area contributed by atoms with Crippen molar-refractivity contribution in [3.63, 3.8) is 0 Å². The van der Waals surface area contributed by atoms with E-state index >= 15 is 0 Å². The van der Waals surface area contributed by atoms with Gasteiger partial charge in [-0.1, -0.05) is 42.5 Å². The number of aromatic amines is 1. The maximum atomic E-state index is 12.6. The van der Waals surface area contributed by atoms with Crippen molar-refractivity contribution < 1.29 is 0 Å². The summed E-state index contributed by atoms with van der Waals surface area (Å²) in [6, 6.07) is 19.1. The molecule has 0 amide bonds. The van der Waals surface area contributed by atoms with Crippen LogP contribution >= 0.6 is 22.7 Å². The van der Waals surface area contributed by atoms with E-state index in [1.165, 1.54) is 30.9 Å². The van der Waals surface area contributed by atoms with E-state index < -0.39 is 0 Å². The Morgan fingerprint density at radius 2 is 1.64 bits per heavy atom. The molecule has 0 atom stereocenters. The summed E-state index contributed by atoms with van der Waals surface area (Å²) >= 11 is 3.30. The van der Waals surface area contributed by atoms with Crippen LogP contribution in [0.2, 0.25) is 0 Å². The molecule has 0 unspecified atom stereocenters. The molecule has 0 bridgehead atoms. The molecule has 3 aromatic heterocycles. The number of fused-ring (bicyclic) bond motifs is 9. The maximum absolute atomic E-state index is 12.6. The molecule has 0 saturated heterocycles. The summed E-state index contributed by atoms with van der Waals surface area (Å²) in [6.45, 7) is 0. The van der Waals surface area contributed by atoms with Crippen molar-refractivity contribution in [2.45, 2.75) is 0 Å². The standard InChI is InChI=1S/C21H11NOS2/c23-20-19-18(15-9-10-24-21(15)25-19)17-14-6-5-11-3-1-2-4-12(11)13(14)7-8-16(17)22-20/h1-10H,(H,22,23). The first-order valence-corrected chi connectivity index (χ1v) is 9.77. The summed E-state index contributed by atoms with van der Waals surface area (Å²) in [5.41, 5.74) is 0.919. The van der Waals surface area contributed by atoms with Crippen molar-refractivity contribution in [3.8, 4) is 0 Å². The van der Waals surface area contributed by atoms with E-state index in [9.17, 15) is 4.79 Å². The summed E-state index contributed by atoms with van der Waals surface area (Å²) in [5.74, 6) is 0. The lowest BCUT2D eigenvalue weighted by Gasteiger charge is -2.08. The van der Waals surface area contributed by atoms with E-state index in [0.29, 0.717) is 0 Å². The molecular weight excluding hydrogens is 346 g/mol. The molecule has 0 spiro atoms. The minimum atomic E-state index is 0.0102. The summed E-state index contributed by atoms with van der Waals surface area (Å²) in [4.78, 5) is 15.7. The highest BCUT2D eigenvalue weighted by Gasteiger charge is 2.15. The Labute approximate surface area is 150 Å². The van der Waals surface area contributed by atoms with Gasteiger partial charge in [0.05, 0.1) is 4.01 Å². The quantitative estimate of drug-likeness (QED) is 0.320. The number of benzene rings is 3. The molecule has 0 saturated carbocycles. The monoisotopic (exact) mass is 357 g/mol. The summed E-state index contributed by atoms with van der Waals surface area (Å²) in [6.07, 6.45) is 0. The van der Waals surface area contributed by atoms with Crippen LogP contribution < -0.4 is 5.56 Å². The second-order valence-corrected chi connectivity index (χ2v) is 8.45. The van der Waals surface area contributed by atoms with E-state index in [4.69, 9.17) is 0 Å². The van der Waals surface area contributed by atoms with Crippen LogP contribution in [0.4, 0.5) is 0 Å². The van der Waals surface area contributed by atoms with Crippen molar-refractivity contribution >= 4 is 74.6 Å². The molecule has 3 aromatic carbocycles. The van der Waals surface area contributed by atoms with Crippen molar-refractivity contribution in [2.75, 3.05) is 0 Å². The lowest BCUT2D eigenvalue weighted by Crippen LogP contribution is -2.04. The lowest BCUT2D eigenvalue weighted by atomic mass is 9.97. The molecule has 0 radical (unpaired) electrons. The van der Waals surface area contributed by atoms with Gasteiger partial charge in [0, 0.05) is 21.7 Å². The first-order valence-electron chi connectivity index (χ1n) is 8.07. The molecular formula is C21H11NOS2. The summed E-state index contributed by atoms with van der Waals surface area (Å²) in [5, 5.41) is 10.5. The number of pyridine rings is 1. The predicted molar refractivity (Wildman–Crippen MR) is 110 cm³/mol. The molecule has 6 rings (SSSR count). The average Bonchev–Trinajstić information content (AvgIpc) is 3.23. The van der Waals surface area contributed by atoms with Gasteiger partial charge in [-0.3, -0.25) is 4.79 Å². The fraction of sp³-hybridized carbons (Fsp3) is 0. The fourth-order valence-corrected chi connectivity index (χ4v) is 6.03. The zero-order valence-electron chi connectivity index (χ0n) is 13.0. The molecule has 0 aliphatic rings. The van der Waals surface area contributed by atoms with Gasteiger partial charge >= 0.3 is 0 Å². The first-order chi connectivity index (χ1) is 12.3. The zero-order chi connectivity index (χ0) is 16.5. The fourth-order valence-electron chi connectivity index (χ4n) is 3.87. The molecule has 4 heteroatoms. The molecule has 0 fully saturated rings. The molecule has 1 N–H and O–H groups in total. The summed E-state index contributed by atoms with van der Waals surface area (Å²) in [7, 11) is 0. The third kappa shape index (κ3) is 1.70. The molecule has 25 heavy (non-hydrogen) atoms. The minimum absolute atomic E-state index is 0.0102. The Bertz CT molecular complexity index is 1520. The molecule has 3 heterocycles. The van der Waals surface area contributed by atoms with Gasteiger partial charge in [-0.2, -0.15) is 0 Å². The Balaban J connectivity index is 2.00. The number of hydrogen-bond donors (Lipinski definition) is 1. The highest BCUT2D eigenvalue weighted by molar-refractivity contribution is 7.41. The first kappa shape index (κ1) is 13.6. The Morgan fingerprint density at radius 3 is 2.60 bits per heavy atom. The minimum Gasteiger partial charge on any atom is -0.321 e. The topological polar surface area (TPSA) is 32.9 Å². The van der Waals surface area contributed by atoms with Crippen molar-refractivity contribution in [2.24, 2.45) is 0 Å². The SMILES string of the molecule is O=c1[nH]c2ccc3c4ccccc4ccc3c2c2c1sc1sccc12. The molecule has 2 nitrogen and oxygen atoms in total. The second-order valence-electron chi connectivity index (χ2n) is 6.25. The van der Waals surface area contributed by atoms with Gasteiger partial charge in [-0.25, -0.2) is 0 Å². The number of aromatic nitrogens is 1. The van der Waals surface area contributed by atoms with E-state index in [2.05, 4.69) is 58.9 Å². The van der Waals surface area contributed by atoms with E-state index in [-0.39, 0.29) is 5.56 Å². The van der Waals surface area contributed by atoms with Crippen LogP contribution in [0.1, 0.15) is 0 Å². The van der Waals surface area contributed by atoms with Gasteiger partial charge < -0.3 is 4.98 Å². The molecule has 0 aliphatic carbocycles. The highest BCUT2D eigenvalue weighted by Crippen LogP contribution is 2.41. The lowest BCUT2D eigenvalue weighted by molar-refractivity contribution is 1.36. The zero-order valence-corrected chi connectivity index (χ0v) is 14.6. The molecule has 0 aliphatic heterocycles. The number of hydrogen-bond acceptors (Lipinski definition) is 3. The van der Waals surface area contributed by atoms with Crippen LogP contribution in [0.5, 0.6) is 0 Å². The molecule has 118 valence electrons. The van der Waals surface area contributed by atoms with Crippen LogP contribution in [0.3, 0.4) is 0 Å². The van der Waals surface area contributed by atoms with Gasteiger partial charge in [0.2, 0.25) is 0 Å². The van der Waals surface area contributed by atoms with Crippen molar-refractivity contribution in [1.29, 1.82) is 0 Å². The van der Waals surface area contributed by atoms with Crippen molar-refractivity contribution in [1.82, 2.24) is 4.98 Å². The van der Waals surface area contributed by atoms with Gasteiger partial charge in [0.15, 0.2) is 0 Å². The van der Waals surface area contributed by atoms with Crippen LogP contribution in [-0.4, -0.2) is 4.98 Å². The number of nitrogens with one attached hydrogen (secondary N) is 1. The van der Waals surface area contributed by atoms with Gasteiger partial charge in [-0.15, -0.1) is 22.7 Å². The Morgan fingerprint density at radius 1 is 0.760 bits per heavy atom. The van der Waals surface area contributed by atoms with Gasteiger partial charge in [0.1, 0.15) is 4.70 Å². The van der Waals surface area contributed by atoms with E-state index in [1.807, 2.05) is 6.07 Å². The highest BCUT2D eigenvalue weighted by atomic mass is 32.2. The van der Waals surface area contributed by atoms with Gasteiger partial charge in [0.25, 0.3) is 5.56 Å². The largest absolute Gasteiger partial charge is 0.321 e. The van der Waals surface area contributed by atoms with Crippen LogP contribution in [0.25, 0.3) is 51.9 Å². The van der Waals surface area contributed by atoms with E-state index in [0.717, 1.165) is 21.0 Å². The van der Waals surface area contributed by atoms with Crippen molar-refractivity contribution in [3.05, 3.63) is 70.3 Å². The van der Waals surface area contributed by atoms with Gasteiger partial charge in [-0.05, 0) is 39.1 Å². The predicted octanol–water partition coefficient (Wildman–Crippen LogP) is 6.26. The smallest absolute Gasteiger partial charge is 0.266 e. The Hall–Kier alpha value is -2.69. The second kappa shape index (κ2) is 4.69. The van der Waals surface area contributed by atoms with Crippen LogP contribution in [-0.2, 0) is 0 Å². The number of rotatable bonds is 0. The number of thiophene rings is 2. The Kier molecular flexibility index (Phi) is 2.55. The summed E-state index contributed by atoms with van der Waals surface area (Å²) < 4.78 is 2.04. The van der Waals surface area contributed by atoms with E-state index in [1.54, 1.807) is 22.7 Å². The third-order valence-corrected chi connectivity index (χ3v) is 7.20. The maximum Gasteiger partial charge on any atom is 0.266 e. The normalized spacial score (nSPS) is 12.2. The molecule has 6 aromatic rings. The van der Waals surface area contributed by atoms with Crippen LogP contribution in [0.15, 0.2) is 64.8 Å².